The van der Waals surface area contributed by atoms with E-state index in [1.165, 1.54) is 4.68 Å². The molecular formula is C18H20N4O. The van der Waals surface area contributed by atoms with E-state index in [0.29, 0.717) is 12.4 Å². The van der Waals surface area contributed by atoms with Crippen molar-refractivity contribution in [1.82, 2.24) is 19.2 Å². The van der Waals surface area contributed by atoms with Crippen molar-refractivity contribution < 1.29 is 0 Å². The van der Waals surface area contributed by atoms with Crippen molar-refractivity contribution in [2.45, 2.75) is 6.54 Å². The SMILES string of the molecule is CN(C)CCn1c(-c2ccccc2)nn(-c2ccccc2)c1=O. The molecular weight excluding hydrogens is 288 g/mol. The molecule has 1 aromatic heterocycles. The lowest BCUT2D eigenvalue weighted by Gasteiger charge is -2.10. The normalized spacial score (nSPS) is 11.1. The smallest absolute Gasteiger partial charge is 0.308 e. The molecule has 0 unspecified atom stereocenters. The molecule has 0 aliphatic rings. The second-order valence-corrected chi connectivity index (χ2v) is 5.67. The van der Waals surface area contributed by atoms with Gasteiger partial charge in [-0.15, -0.1) is 5.10 Å². The van der Waals surface area contributed by atoms with Crippen LogP contribution in [0.25, 0.3) is 17.1 Å². The molecule has 0 bridgehead atoms. The van der Waals surface area contributed by atoms with Crippen LogP contribution < -0.4 is 5.69 Å². The zero-order valence-corrected chi connectivity index (χ0v) is 13.4. The van der Waals surface area contributed by atoms with Gasteiger partial charge in [-0.1, -0.05) is 48.5 Å². The van der Waals surface area contributed by atoms with Gasteiger partial charge >= 0.3 is 5.69 Å². The third kappa shape index (κ3) is 3.24. The van der Waals surface area contributed by atoms with Crippen molar-refractivity contribution in [3.8, 4) is 17.1 Å². The topological polar surface area (TPSA) is 43.1 Å². The Balaban J connectivity index is 2.12. The maximum absolute atomic E-state index is 12.8. The summed E-state index contributed by atoms with van der Waals surface area (Å²) in [4.78, 5) is 14.9. The summed E-state index contributed by atoms with van der Waals surface area (Å²) in [6.45, 7) is 1.38. The van der Waals surface area contributed by atoms with Gasteiger partial charge in [-0.05, 0) is 26.2 Å². The number of para-hydroxylation sites is 1. The molecule has 118 valence electrons. The van der Waals surface area contributed by atoms with Crippen LogP contribution in [0.2, 0.25) is 0 Å². The number of benzene rings is 2. The lowest BCUT2D eigenvalue weighted by Crippen LogP contribution is -2.28. The Bertz CT molecular complexity index is 819. The van der Waals surface area contributed by atoms with Gasteiger partial charge < -0.3 is 4.90 Å². The molecule has 0 saturated carbocycles. The summed E-state index contributed by atoms with van der Waals surface area (Å²) in [5, 5.41) is 4.58. The van der Waals surface area contributed by atoms with Crippen molar-refractivity contribution in [2.75, 3.05) is 20.6 Å². The second kappa shape index (κ2) is 6.62. The highest BCUT2D eigenvalue weighted by atomic mass is 16.2. The summed E-state index contributed by atoms with van der Waals surface area (Å²) in [5.74, 6) is 0.696. The largest absolute Gasteiger partial charge is 0.351 e. The van der Waals surface area contributed by atoms with Crippen LogP contribution in [0.1, 0.15) is 0 Å². The highest BCUT2D eigenvalue weighted by Gasteiger charge is 2.15. The first-order valence-corrected chi connectivity index (χ1v) is 7.62. The predicted molar refractivity (Wildman–Crippen MR) is 91.8 cm³/mol. The Morgan fingerprint density at radius 2 is 1.57 bits per heavy atom. The van der Waals surface area contributed by atoms with Gasteiger partial charge in [-0.25, -0.2) is 4.79 Å². The van der Waals surface area contributed by atoms with E-state index in [9.17, 15) is 4.79 Å². The molecule has 0 aliphatic heterocycles. The van der Waals surface area contributed by atoms with E-state index in [2.05, 4.69) is 10.00 Å². The van der Waals surface area contributed by atoms with Crippen molar-refractivity contribution >= 4 is 0 Å². The van der Waals surface area contributed by atoms with E-state index in [1.807, 2.05) is 74.8 Å². The lowest BCUT2D eigenvalue weighted by atomic mass is 10.2. The van der Waals surface area contributed by atoms with Gasteiger partial charge in [0.15, 0.2) is 5.82 Å². The van der Waals surface area contributed by atoms with Crippen molar-refractivity contribution in [2.24, 2.45) is 0 Å². The average Bonchev–Trinajstić information content (AvgIpc) is 2.91. The first-order valence-electron chi connectivity index (χ1n) is 7.62. The third-order valence-electron chi connectivity index (χ3n) is 3.67. The van der Waals surface area contributed by atoms with Crippen LogP contribution in [0.4, 0.5) is 0 Å². The van der Waals surface area contributed by atoms with Gasteiger partial charge in [0.25, 0.3) is 0 Å². The van der Waals surface area contributed by atoms with Gasteiger partial charge in [-0.2, -0.15) is 4.68 Å². The van der Waals surface area contributed by atoms with Crippen LogP contribution in [-0.2, 0) is 6.54 Å². The Kier molecular flexibility index (Phi) is 4.39. The van der Waals surface area contributed by atoms with E-state index in [1.54, 1.807) is 4.57 Å². The fourth-order valence-electron chi connectivity index (χ4n) is 2.44. The van der Waals surface area contributed by atoms with Crippen LogP contribution in [0.3, 0.4) is 0 Å². The zero-order chi connectivity index (χ0) is 16.2. The summed E-state index contributed by atoms with van der Waals surface area (Å²) in [6.07, 6.45) is 0. The fraction of sp³-hybridized carbons (Fsp3) is 0.222. The zero-order valence-electron chi connectivity index (χ0n) is 13.4. The van der Waals surface area contributed by atoms with Crippen molar-refractivity contribution in [1.29, 1.82) is 0 Å². The molecule has 3 aromatic rings. The monoisotopic (exact) mass is 308 g/mol. The van der Waals surface area contributed by atoms with Crippen LogP contribution in [0, 0.1) is 0 Å². The second-order valence-electron chi connectivity index (χ2n) is 5.67. The fourth-order valence-corrected chi connectivity index (χ4v) is 2.44. The molecule has 0 amide bonds. The Labute approximate surface area is 135 Å². The maximum atomic E-state index is 12.8. The number of likely N-dealkylation sites (N-methyl/N-ethyl adjacent to an activating group) is 1. The van der Waals surface area contributed by atoms with Gasteiger partial charge in [0.2, 0.25) is 0 Å². The van der Waals surface area contributed by atoms with E-state index in [-0.39, 0.29) is 5.69 Å². The van der Waals surface area contributed by atoms with Gasteiger partial charge in [0.1, 0.15) is 0 Å². The van der Waals surface area contributed by atoms with Crippen molar-refractivity contribution in [3.63, 3.8) is 0 Å². The molecule has 0 N–H and O–H groups in total. The predicted octanol–water partition coefficient (Wildman–Crippen LogP) is 2.26. The summed E-state index contributed by atoms with van der Waals surface area (Å²) in [6, 6.07) is 19.3. The molecule has 5 nitrogen and oxygen atoms in total. The van der Waals surface area contributed by atoms with Crippen LogP contribution in [0.15, 0.2) is 65.5 Å². The minimum Gasteiger partial charge on any atom is -0.308 e. The molecule has 2 aromatic carbocycles. The van der Waals surface area contributed by atoms with Gasteiger partial charge in [-0.3, -0.25) is 4.57 Å². The average molecular weight is 308 g/mol. The van der Waals surface area contributed by atoms with Gasteiger partial charge in [0, 0.05) is 18.7 Å². The highest BCUT2D eigenvalue weighted by Crippen LogP contribution is 2.16. The molecule has 0 spiro atoms. The van der Waals surface area contributed by atoms with Crippen LogP contribution in [0.5, 0.6) is 0 Å². The lowest BCUT2D eigenvalue weighted by molar-refractivity contribution is 0.381. The minimum atomic E-state index is -0.114. The summed E-state index contributed by atoms with van der Waals surface area (Å²) >= 11 is 0. The van der Waals surface area contributed by atoms with Crippen molar-refractivity contribution in [3.05, 3.63) is 71.1 Å². The molecule has 0 saturated heterocycles. The molecule has 0 fully saturated rings. The molecule has 5 heteroatoms. The Morgan fingerprint density at radius 3 is 2.17 bits per heavy atom. The number of hydrogen-bond donors (Lipinski definition) is 0. The minimum absolute atomic E-state index is 0.114. The molecule has 0 atom stereocenters. The quantitative estimate of drug-likeness (QED) is 0.726. The number of hydrogen-bond acceptors (Lipinski definition) is 3. The standard InChI is InChI=1S/C18H20N4O/c1-20(2)13-14-21-17(15-9-5-3-6-10-15)19-22(18(21)23)16-11-7-4-8-12-16/h3-12H,13-14H2,1-2H3. The van der Waals surface area contributed by atoms with E-state index in [4.69, 9.17) is 0 Å². The Hall–Kier alpha value is -2.66. The number of nitrogens with zero attached hydrogens (tertiary/aromatic N) is 4. The highest BCUT2D eigenvalue weighted by molar-refractivity contribution is 5.55. The number of aromatic nitrogens is 3. The molecule has 23 heavy (non-hydrogen) atoms. The molecule has 0 aliphatic carbocycles. The van der Waals surface area contributed by atoms with Crippen LogP contribution in [-0.4, -0.2) is 39.9 Å². The van der Waals surface area contributed by atoms with E-state index < -0.39 is 0 Å². The molecule has 1 heterocycles. The molecule has 0 radical (unpaired) electrons. The maximum Gasteiger partial charge on any atom is 0.351 e. The van der Waals surface area contributed by atoms with Gasteiger partial charge in [0.05, 0.1) is 5.69 Å². The number of rotatable bonds is 5. The Morgan fingerprint density at radius 1 is 0.957 bits per heavy atom. The molecule has 3 rings (SSSR count). The van der Waals surface area contributed by atoms with Crippen LogP contribution >= 0.6 is 0 Å². The van der Waals surface area contributed by atoms with E-state index >= 15 is 0 Å². The third-order valence-corrected chi connectivity index (χ3v) is 3.67. The van der Waals surface area contributed by atoms with E-state index in [0.717, 1.165) is 17.8 Å². The summed E-state index contributed by atoms with van der Waals surface area (Å²) in [5.41, 5.74) is 1.60. The summed E-state index contributed by atoms with van der Waals surface area (Å²) in [7, 11) is 3.99. The first-order chi connectivity index (χ1) is 11.2. The first kappa shape index (κ1) is 15.2. The summed E-state index contributed by atoms with van der Waals surface area (Å²) < 4.78 is 3.21.